The van der Waals surface area contributed by atoms with Crippen molar-refractivity contribution in [2.24, 2.45) is 5.92 Å². The number of benzene rings is 1. The van der Waals surface area contributed by atoms with Crippen LogP contribution in [0, 0.1) is 16.0 Å². The summed E-state index contributed by atoms with van der Waals surface area (Å²) in [6, 6.07) is 5.08. The molecule has 1 aromatic carbocycles. The minimum absolute atomic E-state index is 0.125. The third kappa shape index (κ3) is 3.85. The molecule has 1 aromatic rings. The summed E-state index contributed by atoms with van der Waals surface area (Å²) in [5.41, 5.74) is 0.821. The Balaban J connectivity index is 2.07. The normalized spacial score (nSPS) is 16.0. The zero-order valence-electron chi connectivity index (χ0n) is 12.7. The number of anilines is 1. The Kier molecular flexibility index (Phi) is 5.38. The maximum absolute atomic E-state index is 11.3. The summed E-state index contributed by atoms with van der Waals surface area (Å²) >= 11 is 0. The largest absolute Gasteiger partial charge is 0.496 e. The predicted molar refractivity (Wildman–Crippen MR) is 83.1 cm³/mol. The van der Waals surface area contributed by atoms with E-state index in [9.17, 15) is 10.1 Å². The molecule has 0 unspecified atom stereocenters. The lowest BCUT2D eigenvalue weighted by atomic mass is 9.96. The summed E-state index contributed by atoms with van der Waals surface area (Å²) in [5, 5.41) is 14.6. The highest BCUT2D eigenvalue weighted by atomic mass is 16.6. The van der Waals surface area contributed by atoms with Crippen LogP contribution in [-0.4, -0.2) is 38.2 Å². The Bertz CT molecular complexity index is 485. The van der Waals surface area contributed by atoms with Gasteiger partial charge in [0.2, 0.25) is 0 Å². The molecule has 0 spiro atoms. The first-order valence-electron chi connectivity index (χ1n) is 7.43. The molecule has 0 aliphatic carbocycles. The molecule has 116 valence electrons. The quantitative estimate of drug-likeness (QED) is 0.644. The fraction of sp³-hybridized carbons (Fsp3) is 0.600. The van der Waals surface area contributed by atoms with Gasteiger partial charge in [-0.25, -0.2) is 0 Å². The number of nitrogens with one attached hydrogen (secondary N) is 1. The Hall–Kier alpha value is -1.82. The van der Waals surface area contributed by atoms with E-state index in [0.717, 1.165) is 39.0 Å². The lowest BCUT2D eigenvalue weighted by Crippen LogP contribution is -2.37. The van der Waals surface area contributed by atoms with Gasteiger partial charge < -0.3 is 15.0 Å². The Morgan fingerprint density at radius 2 is 2.14 bits per heavy atom. The molecule has 1 N–H and O–H groups in total. The third-order valence-corrected chi connectivity index (χ3v) is 4.02. The number of nitro groups is 1. The van der Waals surface area contributed by atoms with E-state index in [1.807, 2.05) is 0 Å². The topological polar surface area (TPSA) is 67.6 Å². The number of nitrogens with zero attached hydrogens (tertiary/aromatic N) is 2. The SMILES string of the molecule is CCNCC1CCN(c2ccc(OC)cc2[N+](=O)[O-])CC1. The smallest absolute Gasteiger partial charge is 0.296 e. The number of nitro benzene ring substituents is 1. The van der Waals surface area contributed by atoms with Crippen molar-refractivity contribution < 1.29 is 9.66 Å². The van der Waals surface area contributed by atoms with Gasteiger partial charge in [-0.3, -0.25) is 10.1 Å². The number of piperidine rings is 1. The Morgan fingerprint density at radius 1 is 1.43 bits per heavy atom. The minimum Gasteiger partial charge on any atom is -0.496 e. The van der Waals surface area contributed by atoms with Crippen LogP contribution in [0.4, 0.5) is 11.4 Å². The predicted octanol–water partition coefficient (Wildman–Crippen LogP) is 2.43. The fourth-order valence-corrected chi connectivity index (χ4v) is 2.77. The average Bonchev–Trinajstić information content (AvgIpc) is 2.52. The molecule has 1 saturated heterocycles. The number of ether oxygens (including phenoxy) is 1. The molecule has 1 aliphatic heterocycles. The van der Waals surface area contributed by atoms with E-state index in [1.165, 1.54) is 13.2 Å². The Labute approximate surface area is 125 Å². The minimum atomic E-state index is -0.331. The van der Waals surface area contributed by atoms with E-state index < -0.39 is 0 Å². The maximum atomic E-state index is 11.3. The second kappa shape index (κ2) is 7.26. The maximum Gasteiger partial charge on any atom is 0.296 e. The van der Waals surface area contributed by atoms with Crippen molar-refractivity contribution in [1.29, 1.82) is 0 Å². The van der Waals surface area contributed by atoms with Gasteiger partial charge in [0.15, 0.2) is 0 Å². The van der Waals surface area contributed by atoms with E-state index >= 15 is 0 Å². The molecule has 1 fully saturated rings. The molecule has 0 radical (unpaired) electrons. The average molecular weight is 293 g/mol. The van der Waals surface area contributed by atoms with Gasteiger partial charge in [0.1, 0.15) is 11.4 Å². The second-order valence-corrected chi connectivity index (χ2v) is 5.35. The molecule has 0 amide bonds. The van der Waals surface area contributed by atoms with Gasteiger partial charge in [-0.05, 0) is 44.0 Å². The molecule has 1 aliphatic rings. The van der Waals surface area contributed by atoms with Crippen LogP contribution in [0.5, 0.6) is 5.75 Å². The molecule has 21 heavy (non-hydrogen) atoms. The van der Waals surface area contributed by atoms with Crippen LogP contribution in [0.25, 0.3) is 0 Å². The van der Waals surface area contributed by atoms with E-state index in [-0.39, 0.29) is 10.6 Å². The van der Waals surface area contributed by atoms with Crippen molar-refractivity contribution in [2.45, 2.75) is 19.8 Å². The van der Waals surface area contributed by atoms with E-state index in [4.69, 9.17) is 4.74 Å². The van der Waals surface area contributed by atoms with Crippen LogP contribution in [0.3, 0.4) is 0 Å². The summed E-state index contributed by atoms with van der Waals surface area (Å²) < 4.78 is 5.08. The van der Waals surface area contributed by atoms with Crippen molar-refractivity contribution >= 4 is 11.4 Å². The Morgan fingerprint density at radius 3 is 2.71 bits per heavy atom. The summed E-state index contributed by atoms with van der Waals surface area (Å²) in [7, 11) is 1.52. The number of rotatable bonds is 6. The van der Waals surface area contributed by atoms with Gasteiger partial charge in [-0.1, -0.05) is 6.92 Å². The van der Waals surface area contributed by atoms with Gasteiger partial charge in [0.25, 0.3) is 5.69 Å². The second-order valence-electron chi connectivity index (χ2n) is 5.35. The van der Waals surface area contributed by atoms with E-state index in [1.54, 1.807) is 12.1 Å². The monoisotopic (exact) mass is 293 g/mol. The van der Waals surface area contributed by atoms with Gasteiger partial charge >= 0.3 is 0 Å². The fourth-order valence-electron chi connectivity index (χ4n) is 2.77. The first-order valence-corrected chi connectivity index (χ1v) is 7.43. The zero-order chi connectivity index (χ0) is 15.2. The molecule has 0 aromatic heterocycles. The lowest BCUT2D eigenvalue weighted by molar-refractivity contribution is -0.384. The number of hydrogen-bond acceptors (Lipinski definition) is 5. The summed E-state index contributed by atoms with van der Waals surface area (Å²) in [4.78, 5) is 13.0. The van der Waals surface area contributed by atoms with Gasteiger partial charge in [-0.15, -0.1) is 0 Å². The molecular formula is C15H23N3O3. The molecular weight excluding hydrogens is 270 g/mol. The molecule has 6 heteroatoms. The summed E-state index contributed by atoms with van der Waals surface area (Å²) in [6.07, 6.45) is 2.13. The van der Waals surface area contributed by atoms with Crippen molar-refractivity contribution in [2.75, 3.05) is 38.2 Å². The highest BCUT2D eigenvalue weighted by molar-refractivity contribution is 5.65. The van der Waals surface area contributed by atoms with Gasteiger partial charge in [0.05, 0.1) is 18.1 Å². The standard InChI is InChI=1S/C15H23N3O3/c1-3-16-11-12-6-8-17(9-7-12)14-5-4-13(21-2)10-15(14)18(19)20/h4-5,10,12,16H,3,6-9,11H2,1-2H3. The van der Waals surface area contributed by atoms with Crippen LogP contribution < -0.4 is 15.0 Å². The van der Waals surface area contributed by atoms with Crippen molar-refractivity contribution in [3.05, 3.63) is 28.3 Å². The van der Waals surface area contributed by atoms with Crippen LogP contribution in [0.2, 0.25) is 0 Å². The molecule has 2 rings (SSSR count). The summed E-state index contributed by atoms with van der Waals surface area (Å²) in [6.45, 7) is 5.86. The molecule has 1 heterocycles. The zero-order valence-corrected chi connectivity index (χ0v) is 12.7. The molecule has 0 bridgehead atoms. The number of methoxy groups -OCH3 is 1. The number of hydrogen-bond donors (Lipinski definition) is 1. The molecule has 0 atom stereocenters. The van der Waals surface area contributed by atoms with Crippen molar-refractivity contribution in [1.82, 2.24) is 5.32 Å². The van der Waals surface area contributed by atoms with Crippen LogP contribution in [0.1, 0.15) is 19.8 Å². The van der Waals surface area contributed by atoms with Crippen molar-refractivity contribution in [3.8, 4) is 5.75 Å². The van der Waals surface area contributed by atoms with Crippen LogP contribution in [-0.2, 0) is 0 Å². The first-order chi connectivity index (χ1) is 10.2. The lowest BCUT2D eigenvalue weighted by Gasteiger charge is -2.33. The highest BCUT2D eigenvalue weighted by Crippen LogP contribution is 2.34. The van der Waals surface area contributed by atoms with Crippen molar-refractivity contribution in [3.63, 3.8) is 0 Å². The molecule has 0 saturated carbocycles. The molecule has 6 nitrogen and oxygen atoms in total. The van der Waals surface area contributed by atoms with Crippen LogP contribution in [0.15, 0.2) is 18.2 Å². The van der Waals surface area contributed by atoms with Gasteiger partial charge in [-0.2, -0.15) is 0 Å². The summed E-state index contributed by atoms with van der Waals surface area (Å²) in [5.74, 6) is 1.19. The third-order valence-electron chi connectivity index (χ3n) is 4.02. The van der Waals surface area contributed by atoms with E-state index in [2.05, 4.69) is 17.1 Å². The first kappa shape index (κ1) is 15.6. The van der Waals surface area contributed by atoms with E-state index in [0.29, 0.717) is 17.4 Å². The van der Waals surface area contributed by atoms with Gasteiger partial charge in [0, 0.05) is 13.1 Å². The highest BCUT2D eigenvalue weighted by Gasteiger charge is 2.25. The van der Waals surface area contributed by atoms with Crippen LogP contribution >= 0.6 is 0 Å².